The summed E-state index contributed by atoms with van der Waals surface area (Å²) < 4.78 is 0. The van der Waals surface area contributed by atoms with Crippen molar-refractivity contribution in [2.24, 2.45) is 16.8 Å². The van der Waals surface area contributed by atoms with Gasteiger partial charge in [0.25, 0.3) is 0 Å². The van der Waals surface area contributed by atoms with Crippen molar-refractivity contribution in [2.45, 2.75) is 31.3 Å². The Labute approximate surface area is 81.2 Å². The Morgan fingerprint density at radius 2 is 2.15 bits per heavy atom. The molecule has 0 spiro atoms. The fourth-order valence-electron chi connectivity index (χ4n) is 2.70. The van der Waals surface area contributed by atoms with Crippen LogP contribution in [0.1, 0.15) is 19.3 Å². The summed E-state index contributed by atoms with van der Waals surface area (Å²) in [7, 11) is 0. The fraction of sp³-hybridized carbons (Fsp3) is 0.875. The van der Waals surface area contributed by atoms with Crippen LogP contribution in [-0.2, 0) is 0 Å². The van der Waals surface area contributed by atoms with Crippen LogP contribution in [0.3, 0.4) is 0 Å². The Hall–Kier alpha value is -0.800. The third-order valence-electron chi connectivity index (χ3n) is 3.27. The number of fused-ring (bicyclic) bond motifs is 2. The zero-order valence-corrected chi connectivity index (χ0v) is 7.87. The standard InChI is InChI=1S/C8H10N2O2S/c11-10(12)8-3-5-1-6(8)2-7(5)9-4-13/h5-8H,1-3H2. The van der Waals surface area contributed by atoms with Crippen molar-refractivity contribution in [3.8, 4) is 0 Å². The quantitative estimate of drug-likeness (QED) is 0.292. The smallest absolute Gasteiger partial charge is 0.216 e. The Bertz CT molecular complexity index is 274. The molecule has 0 amide bonds. The predicted octanol–water partition coefficient (Wildman–Crippen LogP) is 1.53. The van der Waals surface area contributed by atoms with E-state index in [-0.39, 0.29) is 22.9 Å². The van der Waals surface area contributed by atoms with E-state index in [1.54, 1.807) is 0 Å². The summed E-state index contributed by atoms with van der Waals surface area (Å²) >= 11 is 4.53. The Balaban J connectivity index is 2.06. The van der Waals surface area contributed by atoms with E-state index in [1.807, 2.05) is 0 Å². The second kappa shape index (κ2) is 3.16. The molecule has 2 aliphatic carbocycles. The van der Waals surface area contributed by atoms with E-state index in [9.17, 15) is 10.1 Å². The van der Waals surface area contributed by atoms with Gasteiger partial charge in [0.15, 0.2) is 0 Å². The van der Waals surface area contributed by atoms with Crippen molar-refractivity contribution in [1.82, 2.24) is 0 Å². The second-order valence-electron chi connectivity index (χ2n) is 3.87. The van der Waals surface area contributed by atoms with Crippen molar-refractivity contribution in [2.75, 3.05) is 0 Å². The van der Waals surface area contributed by atoms with Gasteiger partial charge in [0.1, 0.15) is 0 Å². The molecule has 5 heteroatoms. The maximum absolute atomic E-state index is 10.6. The number of nitro groups is 1. The molecule has 4 nitrogen and oxygen atoms in total. The number of isothiocyanates is 1. The van der Waals surface area contributed by atoms with Gasteiger partial charge in [-0.1, -0.05) is 0 Å². The van der Waals surface area contributed by atoms with Crippen molar-refractivity contribution in [1.29, 1.82) is 0 Å². The summed E-state index contributed by atoms with van der Waals surface area (Å²) in [6.07, 6.45) is 2.47. The zero-order valence-electron chi connectivity index (χ0n) is 7.05. The summed E-state index contributed by atoms with van der Waals surface area (Å²) in [5.74, 6) is 0.618. The molecule has 0 radical (unpaired) electrons. The molecule has 0 saturated heterocycles. The van der Waals surface area contributed by atoms with Gasteiger partial charge in [-0.3, -0.25) is 10.1 Å². The molecule has 0 aliphatic heterocycles. The molecule has 13 heavy (non-hydrogen) atoms. The van der Waals surface area contributed by atoms with Crippen LogP contribution in [0.15, 0.2) is 4.99 Å². The number of rotatable bonds is 2. The van der Waals surface area contributed by atoms with Gasteiger partial charge in [0.2, 0.25) is 6.04 Å². The van der Waals surface area contributed by atoms with Crippen molar-refractivity contribution in [3.63, 3.8) is 0 Å². The molecule has 0 aromatic heterocycles. The van der Waals surface area contributed by atoms with E-state index in [4.69, 9.17) is 0 Å². The highest BCUT2D eigenvalue weighted by atomic mass is 32.1. The van der Waals surface area contributed by atoms with Crippen molar-refractivity contribution in [3.05, 3.63) is 10.1 Å². The highest BCUT2D eigenvalue weighted by molar-refractivity contribution is 7.78. The summed E-state index contributed by atoms with van der Waals surface area (Å²) in [5, 5.41) is 13.0. The lowest BCUT2D eigenvalue weighted by atomic mass is 9.92. The summed E-state index contributed by atoms with van der Waals surface area (Å²) in [5.41, 5.74) is 0. The van der Waals surface area contributed by atoms with E-state index in [0.29, 0.717) is 12.3 Å². The average molecular weight is 198 g/mol. The van der Waals surface area contributed by atoms with Gasteiger partial charge in [-0.05, 0) is 31.0 Å². The molecule has 4 unspecified atom stereocenters. The highest BCUT2D eigenvalue weighted by Gasteiger charge is 2.51. The molecular weight excluding hydrogens is 188 g/mol. The predicted molar refractivity (Wildman–Crippen MR) is 50.4 cm³/mol. The first-order chi connectivity index (χ1) is 6.22. The Morgan fingerprint density at radius 1 is 1.38 bits per heavy atom. The Morgan fingerprint density at radius 3 is 2.62 bits per heavy atom. The molecule has 2 saturated carbocycles. The van der Waals surface area contributed by atoms with Crippen molar-refractivity contribution >= 4 is 17.4 Å². The maximum Gasteiger partial charge on any atom is 0.216 e. The zero-order chi connectivity index (χ0) is 9.42. The van der Waals surface area contributed by atoms with Crippen LogP contribution in [0.5, 0.6) is 0 Å². The number of thiocarbonyl (C=S) groups is 1. The number of nitrogens with zero attached hydrogens (tertiary/aromatic N) is 2. The minimum Gasteiger partial charge on any atom is -0.264 e. The van der Waals surface area contributed by atoms with Gasteiger partial charge in [-0.15, -0.1) is 0 Å². The second-order valence-corrected chi connectivity index (χ2v) is 4.05. The summed E-state index contributed by atoms with van der Waals surface area (Å²) in [6.45, 7) is 0. The first-order valence-electron chi connectivity index (χ1n) is 4.43. The molecule has 0 N–H and O–H groups in total. The summed E-state index contributed by atoms with van der Waals surface area (Å²) in [6, 6.07) is -0.0970. The normalized spacial score (nSPS) is 41.5. The topological polar surface area (TPSA) is 55.5 Å². The third kappa shape index (κ3) is 1.38. The van der Waals surface area contributed by atoms with Crippen LogP contribution >= 0.6 is 12.2 Å². The van der Waals surface area contributed by atoms with E-state index in [1.165, 1.54) is 0 Å². The average Bonchev–Trinajstić information content (AvgIpc) is 2.62. The number of hydrogen-bond donors (Lipinski definition) is 0. The fourth-order valence-corrected chi connectivity index (χ4v) is 2.83. The molecule has 2 aliphatic rings. The van der Waals surface area contributed by atoms with Crippen LogP contribution in [0.25, 0.3) is 0 Å². The first-order valence-corrected chi connectivity index (χ1v) is 4.83. The van der Waals surface area contributed by atoms with E-state index in [2.05, 4.69) is 22.4 Å². The minimum absolute atomic E-state index is 0.137. The van der Waals surface area contributed by atoms with Crippen molar-refractivity contribution < 1.29 is 4.92 Å². The molecular formula is C8H10N2O2S. The highest BCUT2D eigenvalue weighted by Crippen LogP contribution is 2.47. The molecule has 70 valence electrons. The van der Waals surface area contributed by atoms with Crippen LogP contribution < -0.4 is 0 Å². The van der Waals surface area contributed by atoms with E-state index < -0.39 is 0 Å². The maximum atomic E-state index is 10.6. The third-order valence-corrected chi connectivity index (χ3v) is 3.38. The lowest BCUT2D eigenvalue weighted by Gasteiger charge is -2.18. The minimum atomic E-state index is -0.318. The van der Waals surface area contributed by atoms with Crippen LogP contribution in [0, 0.1) is 22.0 Å². The largest absolute Gasteiger partial charge is 0.264 e. The van der Waals surface area contributed by atoms with Crippen LogP contribution in [0.2, 0.25) is 0 Å². The first kappa shape index (κ1) is 8.78. The van der Waals surface area contributed by atoms with Gasteiger partial charge >= 0.3 is 0 Å². The molecule has 0 aromatic rings. The lowest BCUT2D eigenvalue weighted by Crippen LogP contribution is -2.30. The Kier molecular flexibility index (Phi) is 2.14. The van der Waals surface area contributed by atoms with Gasteiger partial charge in [0.05, 0.1) is 11.2 Å². The molecule has 2 fully saturated rings. The molecule has 2 bridgehead atoms. The molecule has 2 rings (SSSR count). The molecule has 4 atom stereocenters. The monoisotopic (exact) mass is 198 g/mol. The number of aliphatic imine (C=N–C) groups is 1. The van der Waals surface area contributed by atoms with Gasteiger partial charge in [-0.25, -0.2) is 4.99 Å². The lowest BCUT2D eigenvalue weighted by molar-refractivity contribution is -0.530. The van der Waals surface area contributed by atoms with E-state index >= 15 is 0 Å². The van der Waals surface area contributed by atoms with Gasteiger partial charge < -0.3 is 0 Å². The molecule has 0 aromatic carbocycles. The molecule has 0 heterocycles. The van der Waals surface area contributed by atoms with Gasteiger partial charge in [-0.2, -0.15) is 0 Å². The number of hydrogen-bond acceptors (Lipinski definition) is 4. The van der Waals surface area contributed by atoms with E-state index in [0.717, 1.165) is 12.8 Å². The SMILES string of the molecule is O=[N+]([O-])C1CC2CC1CC2N=C=S. The van der Waals surface area contributed by atoms with Crippen LogP contribution in [-0.4, -0.2) is 22.2 Å². The summed E-state index contributed by atoms with van der Waals surface area (Å²) in [4.78, 5) is 14.5. The van der Waals surface area contributed by atoms with Gasteiger partial charge in [0, 0.05) is 17.3 Å². The van der Waals surface area contributed by atoms with Crippen LogP contribution in [0.4, 0.5) is 0 Å².